The number of rotatable bonds is 3. The maximum atomic E-state index is 12.7. The predicted molar refractivity (Wildman–Crippen MR) is 49.9 cm³/mol. The molecule has 7 heteroatoms. The number of carbonyl (C=O) groups excluding carboxylic acids is 1. The smallest absolute Gasteiger partial charge is 0.339 e. The van der Waals surface area contributed by atoms with Gasteiger partial charge in [-0.05, 0) is 0 Å². The molecule has 1 rings (SSSR count). The van der Waals surface area contributed by atoms with Crippen LogP contribution in [0.25, 0.3) is 0 Å². The highest BCUT2D eigenvalue weighted by molar-refractivity contribution is 5.91. The van der Waals surface area contributed by atoms with Crippen molar-refractivity contribution in [2.75, 3.05) is 14.2 Å². The van der Waals surface area contributed by atoms with Crippen LogP contribution in [-0.4, -0.2) is 25.2 Å². The number of alkyl halides is 2. The van der Waals surface area contributed by atoms with Gasteiger partial charge in [-0.3, -0.25) is 4.79 Å². The summed E-state index contributed by atoms with van der Waals surface area (Å²) in [6, 6.07) is 0. The van der Waals surface area contributed by atoms with E-state index in [1.54, 1.807) is 0 Å². The normalized spacial score (nSPS) is 10.3. The van der Waals surface area contributed by atoms with Gasteiger partial charge in [-0.2, -0.15) is 0 Å². The number of hydrogen-bond acceptors (Lipinski definition) is 4. The van der Waals surface area contributed by atoms with E-state index >= 15 is 0 Å². The largest absolute Gasteiger partial charge is 0.491 e. The van der Waals surface area contributed by atoms with Crippen molar-refractivity contribution in [3.05, 3.63) is 27.7 Å². The summed E-state index contributed by atoms with van der Waals surface area (Å²) in [5.41, 5.74) is -2.02. The van der Waals surface area contributed by atoms with Crippen LogP contribution in [0.3, 0.4) is 0 Å². The molecule has 0 spiro atoms. The minimum Gasteiger partial charge on any atom is -0.491 e. The zero-order valence-electron chi connectivity index (χ0n) is 8.54. The average molecular weight is 233 g/mol. The quantitative estimate of drug-likeness (QED) is 0.794. The lowest BCUT2D eigenvalue weighted by molar-refractivity contribution is 0.0587. The molecule has 0 aliphatic carbocycles. The van der Waals surface area contributed by atoms with Crippen molar-refractivity contribution in [3.63, 3.8) is 0 Å². The van der Waals surface area contributed by atoms with Crippen molar-refractivity contribution in [3.8, 4) is 5.75 Å². The second-order valence-electron chi connectivity index (χ2n) is 2.77. The van der Waals surface area contributed by atoms with Crippen LogP contribution in [-0.2, 0) is 4.74 Å². The van der Waals surface area contributed by atoms with Gasteiger partial charge in [0.25, 0.3) is 12.0 Å². The summed E-state index contributed by atoms with van der Waals surface area (Å²) in [7, 11) is 2.12. The van der Waals surface area contributed by atoms with Gasteiger partial charge in [0.2, 0.25) is 0 Å². The Kier molecular flexibility index (Phi) is 3.60. The van der Waals surface area contributed by atoms with Crippen LogP contribution in [0.4, 0.5) is 8.78 Å². The molecular formula is C9H9F2NO4. The van der Waals surface area contributed by atoms with Gasteiger partial charge >= 0.3 is 5.97 Å². The van der Waals surface area contributed by atoms with E-state index in [0.29, 0.717) is 0 Å². The SMILES string of the molecule is COC(=O)c1c[nH]c(=O)c(OC)c1C(F)F. The van der Waals surface area contributed by atoms with Gasteiger partial charge in [-0.15, -0.1) is 0 Å². The van der Waals surface area contributed by atoms with Crippen LogP contribution in [0.1, 0.15) is 22.3 Å². The van der Waals surface area contributed by atoms with E-state index in [-0.39, 0.29) is 0 Å². The molecule has 0 radical (unpaired) electrons. The van der Waals surface area contributed by atoms with Gasteiger partial charge < -0.3 is 14.5 Å². The Balaban J connectivity index is 3.51. The zero-order chi connectivity index (χ0) is 12.3. The lowest BCUT2D eigenvalue weighted by atomic mass is 10.1. The fourth-order valence-electron chi connectivity index (χ4n) is 1.22. The second kappa shape index (κ2) is 4.73. The lowest BCUT2D eigenvalue weighted by Crippen LogP contribution is -2.17. The molecule has 88 valence electrons. The first kappa shape index (κ1) is 12.2. The van der Waals surface area contributed by atoms with E-state index < -0.39 is 34.8 Å². The fraction of sp³-hybridized carbons (Fsp3) is 0.333. The van der Waals surface area contributed by atoms with Crippen LogP contribution < -0.4 is 10.3 Å². The molecular weight excluding hydrogens is 224 g/mol. The third-order valence-electron chi connectivity index (χ3n) is 1.92. The summed E-state index contributed by atoms with van der Waals surface area (Å²) < 4.78 is 34.3. The van der Waals surface area contributed by atoms with E-state index in [1.807, 2.05) is 0 Å². The van der Waals surface area contributed by atoms with Crippen LogP contribution in [0.2, 0.25) is 0 Å². The van der Waals surface area contributed by atoms with Crippen LogP contribution in [0.5, 0.6) is 5.75 Å². The molecule has 0 saturated carbocycles. The number of nitrogens with one attached hydrogen (secondary N) is 1. The molecule has 0 aliphatic rings. The second-order valence-corrected chi connectivity index (χ2v) is 2.77. The molecule has 1 N–H and O–H groups in total. The molecule has 0 aliphatic heterocycles. The van der Waals surface area contributed by atoms with Gasteiger partial charge in [0.05, 0.1) is 25.3 Å². The van der Waals surface area contributed by atoms with Crippen molar-refractivity contribution < 1.29 is 23.0 Å². The highest BCUT2D eigenvalue weighted by atomic mass is 19.3. The molecule has 0 amide bonds. The number of aromatic nitrogens is 1. The number of aromatic amines is 1. The summed E-state index contributed by atoms with van der Waals surface area (Å²) in [5, 5.41) is 0. The van der Waals surface area contributed by atoms with Gasteiger partial charge in [-0.25, -0.2) is 13.6 Å². The van der Waals surface area contributed by atoms with Gasteiger partial charge in [0.1, 0.15) is 0 Å². The molecule has 0 atom stereocenters. The van der Waals surface area contributed by atoms with Crippen LogP contribution >= 0.6 is 0 Å². The molecule has 16 heavy (non-hydrogen) atoms. The number of ether oxygens (including phenoxy) is 2. The molecule has 0 bridgehead atoms. The van der Waals surface area contributed by atoms with Crippen molar-refractivity contribution >= 4 is 5.97 Å². The molecule has 5 nitrogen and oxygen atoms in total. The summed E-state index contributed by atoms with van der Waals surface area (Å²) in [4.78, 5) is 24.5. The maximum Gasteiger partial charge on any atom is 0.339 e. The van der Waals surface area contributed by atoms with Crippen molar-refractivity contribution in [2.45, 2.75) is 6.43 Å². The molecule has 1 aromatic rings. The standard InChI is InChI=1S/C9H9F2NO4/c1-15-6-5(7(10)11)4(9(14)16-2)3-12-8(6)13/h3,7H,1-2H3,(H,12,13). The number of methoxy groups -OCH3 is 2. The fourth-order valence-corrected chi connectivity index (χ4v) is 1.22. The molecule has 0 unspecified atom stereocenters. The summed E-state index contributed by atoms with van der Waals surface area (Å²) in [6.07, 6.45) is -2.13. The Morgan fingerprint density at radius 2 is 2.06 bits per heavy atom. The molecule has 1 aromatic heterocycles. The third-order valence-corrected chi connectivity index (χ3v) is 1.92. The van der Waals surface area contributed by atoms with E-state index in [1.165, 1.54) is 0 Å². The van der Waals surface area contributed by atoms with E-state index in [2.05, 4.69) is 14.5 Å². The molecule has 0 saturated heterocycles. The highest BCUT2D eigenvalue weighted by Gasteiger charge is 2.25. The van der Waals surface area contributed by atoms with E-state index in [0.717, 1.165) is 20.4 Å². The Bertz CT molecular complexity index is 455. The first-order valence-electron chi connectivity index (χ1n) is 4.19. The highest BCUT2D eigenvalue weighted by Crippen LogP contribution is 2.29. The Labute approximate surface area is 89.0 Å². The maximum absolute atomic E-state index is 12.7. The molecule has 1 heterocycles. The van der Waals surface area contributed by atoms with E-state index in [9.17, 15) is 18.4 Å². The topological polar surface area (TPSA) is 68.4 Å². The summed E-state index contributed by atoms with van der Waals surface area (Å²) >= 11 is 0. The number of esters is 1. The molecule has 0 aromatic carbocycles. The van der Waals surface area contributed by atoms with Crippen LogP contribution in [0, 0.1) is 0 Å². The zero-order valence-corrected chi connectivity index (χ0v) is 8.54. The Morgan fingerprint density at radius 1 is 1.44 bits per heavy atom. The average Bonchev–Trinajstić information content (AvgIpc) is 2.27. The lowest BCUT2D eigenvalue weighted by Gasteiger charge is -2.10. The minimum absolute atomic E-state index is 0.422. The van der Waals surface area contributed by atoms with Gasteiger partial charge in [-0.1, -0.05) is 0 Å². The number of H-pyrrole nitrogens is 1. The number of pyridine rings is 1. The van der Waals surface area contributed by atoms with Gasteiger partial charge in [0.15, 0.2) is 5.75 Å². The van der Waals surface area contributed by atoms with Crippen molar-refractivity contribution in [1.29, 1.82) is 0 Å². The number of hydrogen-bond donors (Lipinski definition) is 1. The first-order chi connectivity index (χ1) is 7.52. The number of halogens is 2. The Morgan fingerprint density at radius 3 is 2.50 bits per heavy atom. The first-order valence-corrected chi connectivity index (χ1v) is 4.19. The van der Waals surface area contributed by atoms with Crippen molar-refractivity contribution in [2.24, 2.45) is 0 Å². The summed E-state index contributed by atoms with van der Waals surface area (Å²) in [5.74, 6) is -1.55. The molecule has 0 fully saturated rings. The van der Waals surface area contributed by atoms with Crippen molar-refractivity contribution in [1.82, 2.24) is 4.98 Å². The third kappa shape index (κ3) is 2.02. The van der Waals surface area contributed by atoms with Crippen LogP contribution in [0.15, 0.2) is 11.0 Å². The predicted octanol–water partition coefficient (Wildman–Crippen LogP) is 1.11. The Hall–Kier alpha value is -1.92. The monoisotopic (exact) mass is 233 g/mol. The minimum atomic E-state index is -3.01. The van der Waals surface area contributed by atoms with E-state index in [4.69, 9.17) is 0 Å². The summed E-state index contributed by atoms with van der Waals surface area (Å²) in [6.45, 7) is 0. The van der Waals surface area contributed by atoms with Gasteiger partial charge in [0, 0.05) is 6.20 Å². The number of carbonyl (C=O) groups is 1.